The van der Waals surface area contributed by atoms with Gasteiger partial charge in [-0.2, -0.15) is 0 Å². The second-order valence-electron chi connectivity index (χ2n) is 5.35. The minimum Gasteiger partial charge on any atom is -0.298 e. The zero-order chi connectivity index (χ0) is 12.8. The van der Waals surface area contributed by atoms with Crippen LogP contribution in [0.5, 0.6) is 0 Å². The van der Waals surface area contributed by atoms with Crippen LogP contribution in [0.3, 0.4) is 0 Å². The van der Waals surface area contributed by atoms with Crippen molar-refractivity contribution in [1.29, 1.82) is 0 Å². The molecule has 92 valence electrons. The summed E-state index contributed by atoms with van der Waals surface area (Å²) in [7, 11) is 0. The third-order valence-electron chi connectivity index (χ3n) is 3.73. The van der Waals surface area contributed by atoms with Crippen molar-refractivity contribution < 1.29 is 4.79 Å². The largest absolute Gasteiger partial charge is 0.298 e. The van der Waals surface area contributed by atoms with Crippen molar-refractivity contribution in [2.75, 3.05) is 0 Å². The average molecular weight is 316 g/mol. The quantitative estimate of drug-likeness (QED) is 0.754. The van der Waals surface area contributed by atoms with Gasteiger partial charge in [-0.15, -0.1) is 0 Å². The van der Waals surface area contributed by atoms with Gasteiger partial charge in [0.25, 0.3) is 0 Å². The molecule has 1 aromatic rings. The first-order valence-corrected chi connectivity index (χ1v) is 7.08. The van der Waals surface area contributed by atoms with Crippen LogP contribution < -0.4 is 0 Å². The first-order valence-electron chi connectivity index (χ1n) is 5.79. The van der Waals surface area contributed by atoms with Crippen molar-refractivity contribution in [1.82, 2.24) is 0 Å². The van der Waals surface area contributed by atoms with Crippen LogP contribution in [0.15, 0.2) is 24.3 Å². The molecule has 0 radical (unpaired) electrons. The highest BCUT2D eigenvalue weighted by Crippen LogP contribution is 2.65. The molecule has 3 heteroatoms. The Bertz CT molecular complexity index is 453. The van der Waals surface area contributed by atoms with Crippen LogP contribution in [-0.4, -0.2) is 10.6 Å². The van der Waals surface area contributed by atoms with E-state index >= 15 is 0 Å². The summed E-state index contributed by atoms with van der Waals surface area (Å²) in [6, 6.07) is 7.85. The lowest BCUT2D eigenvalue weighted by molar-refractivity contribution is -0.120. The van der Waals surface area contributed by atoms with Crippen LogP contribution >= 0.6 is 27.5 Å². The van der Waals surface area contributed by atoms with Crippen molar-refractivity contribution in [2.24, 2.45) is 11.3 Å². The maximum absolute atomic E-state index is 12.1. The molecule has 17 heavy (non-hydrogen) atoms. The van der Waals surface area contributed by atoms with Crippen LogP contribution in [0.2, 0.25) is 5.02 Å². The van der Waals surface area contributed by atoms with Gasteiger partial charge in [-0.1, -0.05) is 53.5 Å². The Morgan fingerprint density at radius 2 is 2.12 bits per heavy atom. The summed E-state index contributed by atoms with van der Waals surface area (Å²) < 4.78 is 0. The smallest absolute Gasteiger partial charge is 0.150 e. The summed E-state index contributed by atoms with van der Waals surface area (Å²) in [6.07, 6.45) is 0. The second kappa shape index (κ2) is 4.40. The van der Waals surface area contributed by atoms with Gasteiger partial charge in [-0.3, -0.25) is 4.79 Å². The van der Waals surface area contributed by atoms with Gasteiger partial charge in [-0.25, -0.2) is 0 Å². The standard InChI is InChI=1S/C14H16BrClO/c1-8(15)13(17)12-11(14(12,2)3)9-5-4-6-10(16)7-9/h4-8,11-12H,1-3H3. The van der Waals surface area contributed by atoms with E-state index in [-0.39, 0.29) is 16.2 Å². The van der Waals surface area contributed by atoms with Crippen LogP contribution in [-0.2, 0) is 4.79 Å². The highest BCUT2D eigenvalue weighted by Gasteiger charge is 2.62. The highest BCUT2D eigenvalue weighted by molar-refractivity contribution is 9.10. The molecule has 2 rings (SSSR count). The van der Waals surface area contributed by atoms with E-state index in [0.29, 0.717) is 11.7 Å². The van der Waals surface area contributed by atoms with Crippen LogP contribution in [0.25, 0.3) is 0 Å². The van der Waals surface area contributed by atoms with Gasteiger partial charge in [0.2, 0.25) is 0 Å². The minimum absolute atomic E-state index is 0.0454. The molecule has 1 aromatic carbocycles. The molecule has 1 aliphatic carbocycles. The topological polar surface area (TPSA) is 17.1 Å². The molecular weight excluding hydrogens is 300 g/mol. The Labute approximate surface area is 116 Å². The van der Waals surface area contributed by atoms with Gasteiger partial charge < -0.3 is 0 Å². The molecule has 0 aromatic heterocycles. The third-order valence-corrected chi connectivity index (χ3v) is 4.42. The number of hydrogen-bond acceptors (Lipinski definition) is 1. The van der Waals surface area contributed by atoms with E-state index < -0.39 is 0 Å². The molecule has 0 spiro atoms. The van der Waals surface area contributed by atoms with Gasteiger partial charge in [-0.05, 0) is 30.0 Å². The van der Waals surface area contributed by atoms with Crippen molar-refractivity contribution in [3.63, 3.8) is 0 Å². The Balaban J connectivity index is 2.27. The monoisotopic (exact) mass is 314 g/mol. The molecule has 1 nitrogen and oxygen atoms in total. The van der Waals surface area contributed by atoms with Crippen LogP contribution in [0.4, 0.5) is 0 Å². The summed E-state index contributed by atoms with van der Waals surface area (Å²) in [4.78, 5) is 12.0. The van der Waals surface area contributed by atoms with E-state index in [1.807, 2.05) is 25.1 Å². The van der Waals surface area contributed by atoms with E-state index in [1.165, 1.54) is 5.56 Å². The fraction of sp³-hybridized carbons (Fsp3) is 0.500. The fourth-order valence-electron chi connectivity index (χ4n) is 2.74. The Hall–Kier alpha value is -0.340. The third kappa shape index (κ3) is 2.30. The molecule has 0 bridgehead atoms. The summed E-state index contributed by atoms with van der Waals surface area (Å²) in [6.45, 7) is 6.19. The number of rotatable bonds is 3. The van der Waals surface area contributed by atoms with Gasteiger partial charge in [0, 0.05) is 16.9 Å². The molecule has 0 N–H and O–H groups in total. The van der Waals surface area contributed by atoms with E-state index in [9.17, 15) is 4.79 Å². The Kier molecular flexibility index (Phi) is 3.39. The number of carbonyl (C=O) groups excluding carboxylic acids is 1. The SMILES string of the molecule is CC(Br)C(=O)C1C(c2cccc(Cl)c2)C1(C)C. The molecule has 0 aliphatic heterocycles. The molecule has 0 amide bonds. The van der Waals surface area contributed by atoms with E-state index in [2.05, 4.69) is 35.8 Å². The van der Waals surface area contributed by atoms with Crippen molar-refractivity contribution >= 4 is 33.3 Å². The Morgan fingerprint density at radius 1 is 1.47 bits per heavy atom. The average Bonchev–Trinajstić information content (AvgIpc) is 2.80. The number of alkyl halides is 1. The zero-order valence-electron chi connectivity index (χ0n) is 10.2. The lowest BCUT2D eigenvalue weighted by atomic mass is 10.0. The van der Waals surface area contributed by atoms with Crippen molar-refractivity contribution in [2.45, 2.75) is 31.5 Å². The normalized spacial score (nSPS) is 27.6. The predicted octanol–water partition coefficient (Wildman–Crippen LogP) is 4.43. The maximum atomic E-state index is 12.1. The highest BCUT2D eigenvalue weighted by atomic mass is 79.9. The summed E-state index contributed by atoms with van der Waals surface area (Å²) in [5.41, 5.74) is 1.22. The molecule has 0 saturated heterocycles. The summed E-state index contributed by atoms with van der Waals surface area (Å²) in [5.74, 6) is 0.698. The van der Waals surface area contributed by atoms with Crippen LogP contribution in [0, 0.1) is 11.3 Å². The molecule has 1 aliphatic rings. The molecule has 3 unspecified atom stereocenters. The van der Waals surface area contributed by atoms with Gasteiger partial charge >= 0.3 is 0 Å². The van der Waals surface area contributed by atoms with Crippen molar-refractivity contribution in [3.8, 4) is 0 Å². The summed E-state index contributed by atoms with van der Waals surface area (Å²) in [5, 5.41) is 0.739. The first-order chi connectivity index (χ1) is 7.85. The van der Waals surface area contributed by atoms with Gasteiger partial charge in [0.1, 0.15) is 5.78 Å². The maximum Gasteiger partial charge on any atom is 0.150 e. The molecule has 1 saturated carbocycles. The zero-order valence-corrected chi connectivity index (χ0v) is 12.5. The van der Waals surface area contributed by atoms with Gasteiger partial charge in [0.05, 0.1) is 4.83 Å². The van der Waals surface area contributed by atoms with E-state index in [4.69, 9.17) is 11.6 Å². The van der Waals surface area contributed by atoms with Gasteiger partial charge in [0.15, 0.2) is 0 Å². The number of benzene rings is 1. The second-order valence-corrected chi connectivity index (χ2v) is 7.16. The number of halogens is 2. The first kappa shape index (κ1) is 13.1. The lowest BCUT2D eigenvalue weighted by Crippen LogP contribution is -2.15. The van der Waals surface area contributed by atoms with Crippen molar-refractivity contribution in [3.05, 3.63) is 34.9 Å². The van der Waals surface area contributed by atoms with Crippen LogP contribution in [0.1, 0.15) is 32.3 Å². The minimum atomic E-state index is -0.0732. The number of ketones is 1. The molecule has 0 heterocycles. The number of hydrogen-bond donors (Lipinski definition) is 0. The lowest BCUT2D eigenvalue weighted by Gasteiger charge is -2.02. The number of Topliss-reactive ketones (excluding diaryl/α,β-unsaturated/α-hetero) is 1. The molecule has 1 fully saturated rings. The molecular formula is C14H16BrClO. The Morgan fingerprint density at radius 3 is 2.65 bits per heavy atom. The predicted molar refractivity (Wildman–Crippen MR) is 74.9 cm³/mol. The van der Waals surface area contributed by atoms with E-state index in [0.717, 1.165) is 5.02 Å². The number of carbonyl (C=O) groups is 1. The van der Waals surface area contributed by atoms with E-state index in [1.54, 1.807) is 0 Å². The fourth-order valence-corrected chi connectivity index (χ4v) is 3.22. The molecule has 3 atom stereocenters. The summed E-state index contributed by atoms with van der Waals surface area (Å²) >= 11 is 9.38.